The smallest absolute Gasteiger partial charge is 0.240 e. The van der Waals surface area contributed by atoms with Crippen LogP contribution in [0.2, 0.25) is 0 Å². The lowest BCUT2D eigenvalue weighted by atomic mass is 10.2. The quantitative estimate of drug-likeness (QED) is 0.591. The van der Waals surface area contributed by atoms with Gasteiger partial charge in [-0.25, -0.2) is 13.1 Å². The van der Waals surface area contributed by atoms with Gasteiger partial charge in [0.15, 0.2) is 0 Å². The first-order valence-electron chi connectivity index (χ1n) is 6.05. The maximum Gasteiger partial charge on any atom is 0.240 e. The number of carbonyl (C=O) groups excluding carboxylic acids is 1. The Hall–Kier alpha value is -2.08. The summed E-state index contributed by atoms with van der Waals surface area (Å²) in [5.74, 6) is 5.25. The van der Waals surface area contributed by atoms with Crippen LogP contribution in [0.5, 0.6) is 5.75 Å². The van der Waals surface area contributed by atoms with Gasteiger partial charge in [-0.1, -0.05) is 11.8 Å². The number of ether oxygens (including phenoxy) is 1. The Bertz CT molecular complexity index is 674. The third kappa shape index (κ3) is 5.07. The molecule has 0 atom stereocenters. The monoisotopic (exact) mass is 311 g/mol. The van der Waals surface area contributed by atoms with Crippen LogP contribution >= 0.6 is 0 Å². The number of amides is 1. The van der Waals surface area contributed by atoms with Gasteiger partial charge in [0.05, 0.1) is 24.1 Å². The van der Waals surface area contributed by atoms with Crippen LogP contribution in [0.25, 0.3) is 0 Å². The first kappa shape index (κ1) is 17.0. The van der Waals surface area contributed by atoms with E-state index in [4.69, 9.17) is 16.2 Å². The summed E-state index contributed by atoms with van der Waals surface area (Å²) >= 11 is 0. The molecule has 114 valence electrons. The number of hydrogen-bond donors (Lipinski definition) is 3. The molecule has 1 aromatic carbocycles. The van der Waals surface area contributed by atoms with Gasteiger partial charge >= 0.3 is 0 Å². The second-order valence-corrected chi connectivity index (χ2v) is 5.75. The fourth-order valence-corrected chi connectivity index (χ4v) is 2.55. The molecule has 7 nitrogen and oxygen atoms in total. The van der Waals surface area contributed by atoms with Gasteiger partial charge in [0.2, 0.25) is 15.9 Å². The van der Waals surface area contributed by atoms with Crippen molar-refractivity contribution in [1.82, 2.24) is 4.72 Å². The number of nitrogens with two attached hydrogens (primary N) is 2. The van der Waals surface area contributed by atoms with Crippen molar-refractivity contribution < 1.29 is 17.9 Å². The van der Waals surface area contributed by atoms with E-state index >= 15 is 0 Å². The van der Waals surface area contributed by atoms with Crippen LogP contribution in [0.3, 0.4) is 0 Å². The minimum absolute atomic E-state index is 0.0223. The zero-order valence-electron chi connectivity index (χ0n) is 11.5. The predicted octanol–water partition coefficient (Wildman–Crippen LogP) is -0.841. The maximum atomic E-state index is 12.1. The number of nitrogens with one attached hydrogen (secondary N) is 1. The normalized spacial score (nSPS) is 10.6. The van der Waals surface area contributed by atoms with Crippen molar-refractivity contribution in [2.45, 2.75) is 11.3 Å². The first-order chi connectivity index (χ1) is 9.90. The highest BCUT2D eigenvalue weighted by Gasteiger charge is 2.15. The molecule has 0 fully saturated rings. The molecule has 1 rings (SSSR count). The van der Waals surface area contributed by atoms with E-state index in [9.17, 15) is 13.2 Å². The summed E-state index contributed by atoms with van der Waals surface area (Å²) < 4.78 is 31.5. The average molecular weight is 311 g/mol. The molecule has 1 amide bonds. The van der Waals surface area contributed by atoms with Crippen LogP contribution in [0, 0.1) is 11.8 Å². The summed E-state index contributed by atoms with van der Waals surface area (Å²) in [6.45, 7) is 0.0878. The molecular formula is C13H17N3O4S. The number of sulfonamides is 1. The number of rotatable bonds is 6. The highest BCUT2D eigenvalue weighted by atomic mass is 32.2. The molecule has 8 heteroatoms. The zero-order chi connectivity index (χ0) is 15.9. The topological polar surface area (TPSA) is 125 Å². The van der Waals surface area contributed by atoms with Gasteiger partial charge in [-0.05, 0) is 18.2 Å². The summed E-state index contributed by atoms with van der Waals surface area (Å²) in [4.78, 5) is 10.6. The van der Waals surface area contributed by atoms with E-state index in [1.807, 2.05) is 0 Å². The minimum atomic E-state index is -3.74. The van der Waals surface area contributed by atoms with Crippen molar-refractivity contribution in [2.75, 3.05) is 20.2 Å². The summed E-state index contributed by atoms with van der Waals surface area (Å²) in [6.07, 6.45) is -0.0742. The third-order valence-corrected chi connectivity index (χ3v) is 3.93. The molecule has 0 spiro atoms. The molecule has 0 heterocycles. The van der Waals surface area contributed by atoms with Gasteiger partial charge in [0.25, 0.3) is 0 Å². The summed E-state index contributed by atoms with van der Waals surface area (Å²) in [7, 11) is -2.28. The van der Waals surface area contributed by atoms with Gasteiger partial charge < -0.3 is 16.2 Å². The molecule has 0 aliphatic rings. The maximum absolute atomic E-state index is 12.1. The van der Waals surface area contributed by atoms with Crippen LogP contribution in [0.1, 0.15) is 12.0 Å². The lowest BCUT2D eigenvalue weighted by Crippen LogP contribution is -2.28. The van der Waals surface area contributed by atoms with Gasteiger partial charge in [-0.15, -0.1) is 0 Å². The lowest BCUT2D eigenvalue weighted by molar-refractivity contribution is -0.117. The molecule has 0 unspecified atom stereocenters. The van der Waals surface area contributed by atoms with Crippen LogP contribution in [0.4, 0.5) is 0 Å². The largest absolute Gasteiger partial charge is 0.495 e. The Balaban J connectivity index is 3.04. The third-order valence-electron chi connectivity index (χ3n) is 2.47. The van der Waals surface area contributed by atoms with Crippen LogP contribution in [-0.4, -0.2) is 34.5 Å². The van der Waals surface area contributed by atoms with Crippen LogP contribution in [0.15, 0.2) is 23.1 Å². The van der Waals surface area contributed by atoms with Crippen molar-refractivity contribution >= 4 is 15.9 Å². The fraction of sp³-hybridized carbons (Fsp3) is 0.308. The van der Waals surface area contributed by atoms with Crippen LogP contribution in [-0.2, 0) is 14.8 Å². The molecule has 0 bridgehead atoms. The van der Waals surface area contributed by atoms with Gasteiger partial charge in [0, 0.05) is 13.0 Å². The summed E-state index contributed by atoms with van der Waals surface area (Å²) in [5, 5.41) is 0. The second-order valence-electron chi connectivity index (χ2n) is 3.98. The number of primary amides is 1. The number of benzene rings is 1. The van der Waals surface area contributed by atoms with E-state index in [-0.39, 0.29) is 24.4 Å². The summed E-state index contributed by atoms with van der Waals surface area (Å²) in [6, 6.07) is 4.27. The van der Waals surface area contributed by atoms with Gasteiger partial charge in [-0.2, -0.15) is 0 Å². The highest BCUT2D eigenvalue weighted by molar-refractivity contribution is 7.89. The molecule has 0 aromatic heterocycles. The minimum Gasteiger partial charge on any atom is -0.495 e. The first-order valence-corrected chi connectivity index (χ1v) is 7.54. The Morgan fingerprint density at radius 1 is 1.43 bits per heavy atom. The number of hydrogen-bond acceptors (Lipinski definition) is 5. The molecule has 0 saturated carbocycles. The molecule has 0 saturated heterocycles. The second kappa shape index (κ2) is 7.64. The average Bonchev–Trinajstić information content (AvgIpc) is 2.44. The fourth-order valence-electron chi connectivity index (χ4n) is 1.49. The lowest BCUT2D eigenvalue weighted by Gasteiger charge is -2.08. The van der Waals surface area contributed by atoms with E-state index in [1.165, 1.54) is 25.3 Å². The van der Waals surface area contributed by atoms with Crippen molar-refractivity contribution in [1.29, 1.82) is 0 Å². The highest BCUT2D eigenvalue weighted by Crippen LogP contribution is 2.21. The molecule has 21 heavy (non-hydrogen) atoms. The SMILES string of the molecule is COc1ccc(S(=O)(=O)NCCC(N)=O)cc1C#CCN. The number of methoxy groups -OCH3 is 1. The Kier molecular flexibility index (Phi) is 6.17. The molecule has 0 aliphatic carbocycles. The molecule has 5 N–H and O–H groups in total. The Labute approximate surface area is 123 Å². The Morgan fingerprint density at radius 2 is 2.14 bits per heavy atom. The van der Waals surface area contributed by atoms with Crippen molar-refractivity contribution in [2.24, 2.45) is 11.5 Å². The molecule has 0 radical (unpaired) electrons. The van der Waals surface area contributed by atoms with Gasteiger partial charge in [0.1, 0.15) is 5.75 Å². The van der Waals surface area contributed by atoms with E-state index < -0.39 is 15.9 Å². The van der Waals surface area contributed by atoms with Gasteiger partial charge in [-0.3, -0.25) is 4.79 Å². The van der Waals surface area contributed by atoms with Crippen molar-refractivity contribution in [3.63, 3.8) is 0 Å². The zero-order valence-corrected chi connectivity index (χ0v) is 12.4. The number of carbonyl (C=O) groups is 1. The Morgan fingerprint density at radius 3 is 2.71 bits per heavy atom. The molecule has 1 aromatic rings. The molecule has 0 aliphatic heterocycles. The molecular weight excluding hydrogens is 294 g/mol. The van der Waals surface area contributed by atoms with E-state index in [0.29, 0.717) is 11.3 Å². The van der Waals surface area contributed by atoms with E-state index in [2.05, 4.69) is 16.6 Å². The van der Waals surface area contributed by atoms with Crippen molar-refractivity contribution in [3.05, 3.63) is 23.8 Å². The van der Waals surface area contributed by atoms with Crippen LogP contribution < -0.4 is 20.9 Å². The van der Waals surface area contributed by atoms with E-state index in [0.717, 1.165) is 0 Å². The van der Waals surface area contributed by atoms with E-state index in [1.54, 1.807) is 0 Å². The summed E-state index contributed by atoms with van der Waals surface area (Å²) in [5.41, 5.74) is 10.7. The predicted molar refractivity (Wildman–Crippen MR) is 77.9 cm³/mol. The standard InChI is InChI=1S/C13H17N3O4S/c1-20-12-5-4-11(9-10(12)3-2-7-14)21(18,19)16-8-6-13(15)17/h4-5,9,16H,6-8,14H2,1H3,(H2,15,17). The van der Waals surface area contributed by atoms with Crippen molar-refractivity contribution in [3.8, 4) is 17.6 Å².